The predicted octanol–water partition coefficient (Wildman–Crippen LogP) is 3.96. The number of nitrogens with one attached hydrogen (secondary N) is 1. The van der Waals surface area contributed by atoms with Gasteiger partial charge in [0.2, 0.25) is 0 Å². The lowest BCUT2D eigenvalue weighted by Gasteiger charge is -2.22. The zero-order valence-corrected chi connectivity index (χ0v) is 21.8. The summed E-state index contributed by atoms with van der Waals surface area (Å²) in [6.45, 7) is 7.01. The minimum Gasteiger partial charge on any atom is -0.467 e. The number of hydrogen-bond donors (Lipinski definition) is 1. The summed E-state index contributed by atoms with van der Waals surface area (Å²) in [7, 11) is 9.52. The zero-order valence-electron chi connectivity index (χ0n) is 20.2. The van der Waals surface area contributed by atoms with Crippen molar-refractivity contribution in [2.24, 2.45) is 0 Å². The summed E-state index contributed by atoms with van der Waals surface area (Å²) in [5.41, 5.74) is 3.04. The van der Waals surface area contributed by atoms with Gasteiger partial charge in [0.1, 0.15) is 11.6 Å². The lowest BCUT2D eigenvalue weighted by atomic mass is 9.99. The second kappa shape index (κ2) is 12.4. The van der Waals surface area contributed by atoms with Crippen LogP contribution in [0.5, 0.6) is 0 Å². The summed E-state index contributed by atoms with van der Waals surface area (Å²) in [5.74, 6) is -0.469. The standard InChI is InChI=1S/C23H38BrN3O4/c1-23(2,3)31-22(29)25-19(21(28)30-8)11-9-10-16-12-17(14-26(4)5)20(24)18(13-16)15-27(6)7/h12-13,19H,9-11,14-15H2,1-8H3,(H,25,29). The van der Waals surface area contributed by atoms with E-state index >= 15 is 0 Å². The van der Waals surface area contributed by atoms with Crippen molar-refractivity contribution in [3.05, 3.63) is 33.3 Å². The molecule has 0 aliphatic carbocycles. The highest BCUT2D eigenvalue weighted by Gasteiger charge is 2.24. The molecule has 0 fully saturated rings. The first-order valence-corrected chi connectivity index (χ1v) is 11.3. The Hall–Kier alpha value is -1.64. The van der Waals surface area contributed by atoms with Crippen LogP contribution >= 0.6 is 15.9 Å². The van der Waals surface area contributed by atoms with Gasteiger partial charge in [0, 0.05) is 17.6 Å². The summed E-state index contributed by atoms with van der Waals surface area (Å²) in [4.78, 5) is 28.5. The van der Waals surface area contributed by atoms with Gasteiger partial charge in [-0.3, -0.25) is 0 Å². The quantitative estimate of drug-likeness (QED) is 0.491. The number of alkyl carbamates (subject to hydrolysis) is 1. The van der Waals surface area contributed by atoms with Gasteiger partial charge in [-0.25, -0.2) is 9.59 Å². The van der Waals surface area contributed by atoms with Crippen LogP contribution in [-0.4, -0.2) is 68.8 Å². The fourth-order valence-electron chi connectivity index (χ4n) is 3.23. The minimum absolute atomic E-state index is 0.466. The molecule has 7 nitrogen and oxygen atoms in total. The monoisotopic (exact) mass is 499 g/mol. The first kappa shape index (κ1) is 27.4. The summed E-state index contributed by atoms with van der Waals surface area (Å²) >= 11 is 3.77. The highest BCUT2D eigenvalue weighted by atomic mass is 79.9. The van der Waals surface area contributed by atoms with Gasteiger partial charge in [-0.15, -0.1) is 0 Å². The number of nitrogens with zero attached hydrogens (tertiary/aromatic N) is 2. The molecular weight excluding hydrogens is 462 g/mol. The van der Waals surface area contributed by atoms with Crippen molar-refractivity contribution in [3.8, 4) is 0 Å². The molecule has 1 aromatic rings. The lowest BCUT2D eigenvalue weighted by Crippen LogP contribution is -2.44. The van der Waals surface area contributed by atoms with Crippen LogP contribution in [0.1, 0.15) is 50.3 Å². The molecule has 0 aromatic heterocycles. The van der Waals surface area contributed by atoms with E-state index in [1.807, 2.05) is 28.2 Å². The highest BCUT2D eigenvalue weighted by molar-refractivity contribution is 9.10. The van der Waals surface area contributed by atoms with Crippen LogP contribution in [0.4, 0.5) is 4.79 Å². The van der Waals surface area contributed by atoms with Crippen molar-refractivity contribution in [3.63, 3.8) is 0 Å². The van der Waals surface area contributed by atoms with Gasteiger partial charge in [-0.05, 0) is 84.9 Å². The molecule has 1 N–H and O–H groups in total. The van der Waals surface area contributed by atoms with Gasteiger partial charge in [0.25, 0.3) is 0 Å². The molecule has 1 amide bonds. The van der Waals surface area contributed by atoms with E-state index in [9.17, 15) is 9.59 Å². The Morgan fingerprint density at radius 3 is 2.00 bits per heavy atom. The lowest BCUT2D eigenvalue weighted by molar-refractivity contribution is -0.143. The van der Waals surface area contributed by atoms with Gasteiger partial charge in [0.05, 0.1) is 7.11 Å². The molecular formula is C23H38BrN3O4. The molecule has 0 aliphatic rings. The van der Waals surface area contributed by atoms with E-state index in [2.05, 4.69) is 43.2 Å². The number of ether oxygens (including phenoxy) is 2. The second-order valence-electron chi connectivity index (χ2n) is 9.32. The average molecular weight is 500 g/mol. The maximum absolute atomic E-state index is 12.1. The maximum Gasteiger partial charge on any atom is 0.408 e. The molecule has 8 heteroatoms. The Balaban J connectivity index is 2.90. The number of hydrogen-bond acceptors (Lipinski definition) is 6. The van der Waals surface area contributed by atoms with Crippen molar-refractivity contribution in [1.29, 1.82) is 0 Å². The van der Waals surface area contributed by atoms with E-state index < -0.39 is 23.7 Å². The van der Waals surface area contributed by atoms with Crippen LogP contribution in [0.3, 0.4) is 0 Å². The third-order valence-electron chi connectivity index (χ3n) is 4.39. The number of aryl methyl sites for hydroxylation is 1. The predicted molar refractivity (Wildman–Crippen MR) is 127 cm³/mol. The average Bonchev–Trinajstić information content (AvgIpc) is 2.61. The van der Waals surface area contributed by atoms with E-state index in [0.29, 0.717) is 6.42 Å². The van der Waals surface area contributed by atoms with Crippen LogP contribution in [0.2, 0.25) is 0 Å². The minimum atomic E-state index is -0.738. The second-order valence-corrected chi connectivity index (χ2v) is 10.1. The normalized spacial score (nSPS) is 12.7. The molecule has 0 aliphatic heterocycles. The molecule has 1 unspecified atom stereocenters. The van der Waals surface area contributed by atoms with Crippen molar-refractivity contribution in [1.82, 2.24) is 15.1 Å². The van der Waals surface area contributed by atoms with Crippen LogP contribution in [-0.2, 0) is 33.8 Å². The Morgan fingerprint density at radius 2 is 1.58 bits per heavy atom. The summed E-state index contributed by atoms with van der Waals surface area (Å²) in [5, 5.41) is 2.64. The van der Waals surface area contributed by atoms with Crippen LogP contribution in [0.15, 0.2) is 16.6 Å². The molecule has 0 saturated carbocycles. The van der Waals surface area contributed by atoms with Gasteiger partial charge in [0.15, 0.2) is 0 Å². The summed E-state index contributed by atoms with van der Waals surface area (Å²) in [6.07, 6.45) is 1.36. The Labute approximate surface area is 195 Å². The first-order chi connectivity index (χ1) is 14.3. The number of benzene rings is 1. The molecule has 176 valence electrons. The number of rotatable bonds is 10. The molecule has 0 bridgehead atoms. The van der Waals surface area contributed by atoms with Gasteiger partial charge in [-0.2, -0.15) is 0 Å². The fourth-order valence-corrected chi connectivity index (χ4v) is 3.71. The first-order valence-electron chi connectivity index (χ1n) is 10.5. The number of methoxy groups -OCH3 is 1. The van der Waals surface area contributed by atoms with E-state index in [1.54, 1.807) is 20.8 Å². The fraction of sp³-hybridized carbons (Fsp3) is 0.652. The highest BCUT2D eigenvalue weighted by Crippen LogP contribution is 2.27. The Bertz CT molecular complexity index is 714. The number of esters is 1. The molecule has 0 saturated heterocycles. The molecule has 1 aromatic carbocycles. The zero-order chi connectivity index (χ0) is 23.8. The smallest absolute Gasteiger partial charge is 0.408 e. The largest absolute Gasteiger partial charge is 0.467 e. The van der Waals surface area contributed by atoms with E-state index in [4.69, 9.17) is 9.47 Å². The molecule has 0 spiro atoms. The van der Waals surface area contributed by atoms with Crippen molar-refractivity contribution < 1.29 is 19.1 Å². The molecule has 31 heavy (non-hydrogen) atoms. The molecule has 0 radical (unpaired) electrons. The third-order valence-corrected chi connectivity index (χ3v) is 5.41. The number of carbonyl (C=O) groups is 2. The van der Waals surface area contributed by atoms with Crippen LogP contribution in [0.25, 0.3) is 0 Å². The SMILES string of the molecule is COC(=O)C(CCCc1cc(CN(C)C)c(Br)c(CN(C)C)c1)NC(=O)OC(C)(C)C. The summed E-state index contributed by atoms with van der Waals surface area (Å²) < 4.78 is 11.3. The van der Waals surface area contributed by atoms with Gasteiger partial charge < -0.3 is 24.6 Å². The van der Waals surface area contributed by atoms with Gasteiger partial charge >= 0.3 is 12.1 Å². The van der Waals surface area contributed by atoms with Crippen molar-refractivity contribution >= 4 is 28.0 Å². The van der Waals surface area contributed by atoms with Crippen LogP contribution in [0, 0.1) is 0 Å². The third kappa shape index (κ3) is 10.5. The van der Waals surface area contributed by atoms with E-state index in [1.165, 1.54) is 23.8 Å². The Kier molecular flexibility index (Phi) is 11.0. The van der Waals surface area contributed by atoms with Crippen molar-refractivity contribution in [2.75, 3.05) is 35.3 Å². The van der Waals surface area contributed by atoms with Crippen molar-refractivity contribution in [2.45, 2.75) is 64.8 Å². The van der Waals surface area contributed by atoms with E-state index in [0.717, 1.165) is 30.4 Å². The van der Waals surface area contributed by atoms with E-state index in [-0.39, 0.29) is 0 Å². The molecule has 0 heterocycles. The summed E-state index contributed by atoms with van der Waals surface area (Å²) in [6, 6.07) is 3.67. The van der Waals surface area contributed by atoms with Crippen LogP contribution < -0.4 is 5.32 Å². The number of carbonyl (C=O) groups excluding carboxylic acids is 2. The number of halogens is 1. The Morgan fingerprint density at radius 1 is 1.06 bits per heavy atom. The molecule has 1 rings (SSSR count). The number of amides is 1. The molecule has 1 atom stereocenters. The van der Waals surface area contributed by atoms with Gasteiger partial charge in [-0.1, -0.05) is 28.1 Å². The topological polar surface area (TPSA) is 71.1 Å². The maximum atomic E-state index is 12.1.